The van der Waals surface area contributed by atoms with Crippen LogP contribution in [0.1, 0.15) is 361 Å². The van der Waals surface area contributed by atoms with Crippen molar-refractivity contribution in [2.24, 2.45) is 0 Å². The molecule has 0 radical (unpaired) electrons. The van der Waals surface area contributed by atoms with Gasteiger partial charge in [-0.1, -0.05) is 363 Å². The second-order valence-electron chi connectivity index (χ2n) is 26.6. The summed E-state index contributed by atoms with van der Waals surface area (Å²) in [7, 11) is 1.58. The Labute approximate surface area is 535 Å². The number of carbonyl (C=O) groups excluding carboxylic acids is 1. The minimum Gasteiger partial charge on any atom is -0.387 e. The number of quaternary nitrogens is 1. The molecule has 0 fully saturated rings. The first-order valence-corrected chi connectivity index (χ1v) is 38.8. The van der Waals surface area contributed by atoms with Gasteiger partial charge in [0.15, 0.2) is 0 Å². The van der Waals surface area contributed by atoms with Crippen molar-refractivity contribution in [1.29, 1.82) is 0 Å². The van der Waals surface area contributed by atoms with E-state index in [1.807, 2.05) is 27.2 Å². The van der Waals surface area contributed by atoms with E-state index in [1.165, 1.54) is 270 Å². The van der Waals surface area contributed by atoms with Crippen molar-refractivity contribution in [3.63, 3.8) is 0 Å². The van der Waals surface area contributed by atoms with Crippen LogP contribution in [0, 0.1) is 0 Å². The summed E-state index contributed by atoms with van der Waals surface area (Å²) >= 11 is 0. The van der Waals surface area contributed by atoms with Gasteiger partial charge < -0.3 is 19.8 Å². The van der Waals surface area contributed by atoms with Crippen LogP contribution < -0.4 is 5.32 Å². The number of amides is 1. The molecule has 3 N–H and O–H groups in total. The Bertz CT molecular complexity index is 1630. The molecule has 0 bridgehead atoms. The molecule has 0 aliphatic rings. The molecule has 0 aliphatic carbocycles. The zero-order valence-corrected chi connectivity index (χ0v) is 58.7. The van der Waals surface area contributed by atoms with E-state index in [4.69, 9.17) is 9.05 Å². The molecule has 0 aliphatic heterocycles. The van der Waals surface area contributed by atoms with E-state index < -0.39 is 20.0 Å². The Hall–Kier alpha value is -2.06. The van der Waals surface area contributed by atoms with Crippen LogP contribution in [0.3, 0.4) is 0 Å². The molecule has 1 amide bonds. The molecule has 0 aromatic rings. The number of unbranched alkanes of at least 4 members (excludes halogenated alkanes) is 46. The van der Waals surface area contributed by atoms with Crippen LogP contribution in [0.2, 0.25) is 0 Å². The van der Waals surface area contributed by atoms with Gasteiger partial charge in [-0.15, -0.1) is 0 Å². The molecule has 3 atom stereocenters. The lowest BCUT2D eigenvalue weighted by Crippen LogP contribution is -2.45. The number of likely N-dealkylation sites (N-methyl/N-ethyl adjacent to an activating group) is 1. The third-order valence-corrected chi connectivity index (χ3v) is 17.9. The number of phosphoric ester groups is 1. The van der Waals surface area contributed by atoms with E-state index in [0.717, 1.165) is 70.6 Å². The lowest BCUT2D eigenvalue weighted by Gasteiger charge is -2.25. The summed E-state index contributed by atoms with van der Waals surface area (Å²) in [6.45, 7) is 4.75. The van der Waals surface area contributed by atoms with E-state index >= 15 is 0 Å². The molecule has 9 heteroatoms. The first kappa shape index (κ1) is 83.9. The van der Waals surface area contributed by atoms with E-state index in [1.54, 1.807) is 6.08 Å². The third-order valence-electron chi connectivity index (χ3n) is 16.9. The van der Waals surface area contributed by atoms with Crippen molar-refractivity contribution in [1.82, 2.24) is 5.32 Å². The molecule has 3 unspecified atom stereocenters. The van der Waals surface area contributed by atoms with Gasteiger partial charge in [-0.05, 0) is 64.2 Å². The lowest BCUT2D eigenvalue weighted by molar-refractivity contribution is -0.870. The van der Waals surface area contributed by atoms with Gasteiger partial charge in [-0.3, -0.25) is 13.8 Å². The molecule has 0 spiro atoms. The van der Waals surface area contributed by atoms with Gasteiger partial charge in [-0.25, -0.2) is 4.57 Å². The molecule has 0 heterocycles. The number of aliphatic hydroxyl groups excluding tert-OH is 1. The van der Waals surface area contributed by atoms with Crippen molar-refractivity contribution < 1.29 is 32.9 Å². The molecule has 86 heavy (non-hydrogen) atoms. The minimum atomic E-state index is -4.36. The van der Waals surface area contributed by atoms with Crippen LogP contribution in [0.15, 0.2) is 72.9 Å². The fourth-order valence-electron chi connectivity index (χ4n) is 11.2. The molecule has 0 saturated carbocycles. The number of hydrogen-bond donors (Lipinski definition) is 3. The summed E-state index contributed by atoms with van der Waals surface area (Å²) in [5.74, 6) is -0.172. The van der Waals surface area contributed by atoms with Crippen LogP contribution in [0.25, 0.3) is 0 Å². The largest absolute Gasteiger partial charge is 0.472 e. The van der Waals surface area contributed by atoms with Crippen LogP contribution in [-0.2, 0) is 18.4 Å². The summed E-state index contributed by atoms with van der Waals surface area (Å²) in [6, 6.07) is -0.851. The lowest BCUT2D eigenvalue weighted by atomic mass is 10.0. The fraction of sp³-hybridized carbons (Fsp3) is 0.831. The monoisotopic (exact) mass is 1230 g/mol. The normalized spacial score (nSPS) is 14.0. The molecule has 0 rings (SSSR count). The van der Waals surface area contributed by atoms with E-state index in [-0.39, 0.29) is 19.1 Å². The predicted octanol–water partition coefficient (Wildman–Crippen LogP) is 24.1. The zero-order chi connectivity index (χ0) is 62.6. The quantitative estimate of drug-likeness (QED) is 0.0243. The van der Waals surface area contributed by atoms with Gasteiger partial charge in [0.05, 0.1) is 39.9 Å². The second kappa shape index (κ2) is 67.3. The smallest absolute Gasteiger partial charge is 0.387 e. The number of aliphatic hydroxyl groups is 1. The Morgan fingerprint density at radius 3 is 1.02 bits per heavy atom. The van der Waals surface area contributed by atoms with Gasteiger partial charge in [0.1, 0.15) is 13.2 Å². The second-order valence-corrected chi connectivity index (χ2v) is 28.1. The maximum atomic E-state index is 13.1. The summed E-state index contributed by atoms with van der Waals surface area (Å²) < 4.78 is 23.9. The van der Waals surface area contributed by atoms with Gasteiger partial charge in [0.25, 0.3) is 0 Å². The van der Waals surface area contributed by atoms with Gasteiger partial charge in [0.2, 0.25) is 5.91 Å². The van der Waals surface area contributed by atoms with E-state index in [0.29, 0.717) is 17.4 Å². The molecule has 0 aromatic heterocycles. The molecule has 504 valence electrons. The first-order valence-electron chi connectivity index (χ1n) is 37.3. The number of rotatable bonds is 69. The van der Waals surface area contributed by atoms with Crippen molar-refractivity contribution in [3.8, 4) is 0 Å². The summed E-state index contributed by atoms with van der Waals surface area (Å²) in [5.41, 5.74) is 0. The summed E-state index contributed by atoms with van der Waals surface area (Å²) in [4.78, 5) is 23.5. The number of carbonyl (C=O) groups is 1. The van der Waals surface area contributed by atoms with Crippen molar-refractivity contribution in [3.05, 3.63) is 72.9 Å². The predicted molar refractivity (Wildman–Crippen MR) is 378 cm³/mol. The number of allylic oxidation sites excluding steroid dienone is 11. The number of phosphoric acid groups is 1. The summed E-state index contributed by atoms with van der Waals surface area (Å²) in [5, 5.41) is 14.0. The Balaban J connectivity index is 4.02. The highest BCUT2D eigenvalue weighted by Crippen LogP contribution is 2.43. The van der Waals surface area contributed by atoms with Crippen LogP contribution in [-0.4, -0.2) is 73.4 Å². The molecule has 0 saturated heterocycles. The average molecular weight is 1230 g/mol. The van der Waals surface area contributed by atoms with Crippen molar-refractivity contribution in [2.75, 3.05) is 40.9 Å². The maximum absolute atomic E-state index is 13.1. The number of hydrogen-bond acceptors (Lipinski definition) is 5. The topological polar surface area (TPSA) is 105 Å². The van der Waals surface area contributed by atoms with Gasteiger partial charge in [0, 0.05) is 6.42 Å². The SMILES string of the molecule is CC/C=C\C/C=C\C/C=C\C/C=C\C/C=C\CCCCCCCCCCCCCCCCCCCC(=O)NC(COP(=O)(O)OCC[N+](C)(C)C)C(O)/C=C/CCCCCCCCCCCCCCCCCCCCCCCCCCCCCCC. The zero-order valence-electron chi connectivity index (χ0n) is 57.8. The van der Waals surface area contributed by atoms with Crippen molar-refractivity contribution >= 4 is 13.7 Å². The van der Waals surface area contributed by atoms with Gasteiger partial charge in [-0.2, -0.15) is 0 Å². The van der Waals surface area contributed by atoms with Crippen molar-refractivity contribution in [2.45, 2.75) is 373 Å². The highest BCUT2D eigenvalue weighted by Gasteiger charge is 2.28. The highest BCUT2D eigenvalue weighted by molar-refractivity contribution is 7.47. The number of nitrogens with zero attached hydrogens (tertiary/aromatic N) is 1. The Kier molecular flexibility index (Phi) is 65.7. The van der Waals surface area contributed by atoms with E-state index in [2.05, 4.69) is 79.9 Å². The van der Waals surface area contributed by atoms with Crippen LogP contribution in [0.5, 0.6) is 0 Å². The molecule has 0 aromatic carbocycles. The van der Waals surface area contributed by atoms with E-state index in [9.17, 15) is 19.4 Å². The fourth-order valence-corrected chi connectivity index (χ4v) is 11.9. The first-order chi connectivity index (χ1) is 42.0. The maximum Gasteiger partial charge on any atom is 0.472 e. The van der Waals surface area contributed by atoms with Gasteiger partial charge >= 0.3 is 7.82 Å². The third kappa shape index (κ3) is 69.4. The molecular weight excluding hydrogens is 1080 g/mol. The minimum absolute atomic E-state index is 0.0612. The Morgan fingerprint density at radius 1 is 0.407 bits per heavy atom. The highest BCUT2D eigenvalue weighted by atomic mass is 31.2. The molecular formula is C77H146N2O6P+. The molecule has 8 nitrogen and oxygen atoms in total. The Morgan fingerprint density at radius 2 is 0.698 bits per heavy atom. The average Bonchev–Trinajstić information content (AvgIpc) is 3.70. The van der Waals surface area contributed by atoms with Crippen LogP contribution in [0.4, 0.5) is 0 Å². The summed E-state index contributed by atoms with van der Waals surface area (Å²) in [6.07, 6.45) is 95.0. The van der Waals surface area contributed by atoms with Crippen LogP contribution >= 0.6 is 7.82 Å². The standard InChI is InChI=1S/C77H145N2O6P/c1-6-8-10-12-14-16-18-20-22-24-26-28-30-32-34-36-38-39-41-43-45-47-49-51-53-55-57-59-61-63-65-67-69-71-77(81)78-75(74-85-86(82,83)84-73-72-79(3,4)5)76(80)70-68-66-64-62-60-58-56-54-52-50-48-46-44-42-40-37-35-33-31-29-27-25-23-21-19-17-15-13-11-9-7-2/h8,10,14,16,20,22,26,28,32,34,68,70,75-76,80H,6-7,9,11-13,15,17-19,21,23-25,27,29-31,33,35-67,69,71-74H2,1-5H3,(H-,78,81,82,83)/p+1/b10-8-,16-14-,22-20-,28-26-,34-32-,70-68+. The number of nitrogens with one attached hydrogen (secondary N) is 1.